The molecular weight excluding hydrogens is 491 g/mol. The predicted octanol–water partition coefficient (Wildman–Crippen LogP) is 6.36. The Bertz CT molecular complexity index is 1250. The van der Waals surface area contributed by atoms with Gasteiger partial charge in [-0.1, -0.05) is 55.3 Å². The molecule has 0 bridgehead atoms. The van der Waals surface area contributed by atoms with Gasteiger partial charge in [0.15, 0.2) is 5.60 Å². The molecule has 7 nitrogen and oxygen atoms in total. The minimum absolute atomic E-state index is 0.0450. The molecule has 1 unspecified atom stereocenters. The predicted molar refractivity (Wildman–Crippen MR) is 139 cm³/mol. The molecule has 2 aliphatic rings. The molecule has 0 aliphatic heterocycles. The number of phosphoric ester groups is 1. The Morgan fingerprint density at radius 1 is 1.24 bits per heavy atom. The van der Waals surface area contributed by atoms with E-state index in [9.17, 15) is 19.4 Å². The first-order valence-electron chi connectivity index (χ1n) is 12.7. The fourth-order valence-electron chi connectivity index (χ4n) is 4.91. The summed E-state index contributed by atoms with van der Waals surface area (Å²) in [4.78, 5) is 25.9. The van der Waals surface area contributed by atoms with Crippen LogP contribution in [0.4, 0.5) is 0 Å². The number of hydrogen-bond acceptors (Lipinski definition) is 7. The first kappa shape index (κ1) is 27.2. The maximum absolute atomic E-state index is 13.3. The maximum Gasteiger partial charge on any atom is 0.344 e. The second-order valence-electron chi connectivity index (χ2n) is 10.1. The van der Waals surface area contributed by atoms with Crippen LogP contribution in [0.1, 0.15) is 69.9 Å². The summed E-state index contributed by atoms with van der Waals surface area (Å²) >= 11 is 0. The van der Waals surface area contributed by atoms with Crippen molar-refractivity contribution in [2.45, 2.75) is 70.8 Å². The second-order valence-corrected chi connectivity index (χ2v) is 11.4. The van der Waals surface area contributed by atoms with Crippen LogP contribution in [-0.2, 0) is 20.3 Å². The highest BCUT2D eigenvalue weighted by Crippen LogP contribution is 2.54. The lowest BCUT2D eigenvalue weighted by molar-refractivity contribution is -0.224. The fourth-order valence-corrected chi connectivity index (χ4v) is 6.01. The lowest BCUT2D eigenvalue weighted by atomic mass is 9.73. The molecule has 0 spiro atoms. The topological polar surface area (TPSA) is 105 Å². The summed E-state index contributed by atoms with van der Waals surface area (Å²) in [6.45, 7) is 10.2. The third-order valence-electron chi connectivity index (χ3n) is 6.96. The van der Waals surface area contributed by atoms with E-state index in [4.69, 9.17) is 13.8 Å². The molecule has 3 atom stereocenters. The van der Waals surface area contributed by atoms with Crippen LogP contribution in [0.25, 0.3) is 0 Å². The van der Waals surface area contributed by atoms with Gasteiger partial charge in [-0.3, -0.25) is 9.09 Å². The number of phosphoric acid groups is 1. The molecule has 0 radical (unpaired) electrons. The number of carbonyl (C=O) groups is 1. The molecule has 1 fully saturated rings. The van der Waals surface area contributed by atoms with Crippen molar-refractivity contribution in [1.82, 2.24) is 0 Å². The molecule has 1 N–H and O–H groups in total. The van der Waals surface area contributed by atoms with Gasteiger partial charge < -0.3 is 19.3 Å². The molecule has 0 saturated heterocycles. The first-order chi connectivity index (χ1) is 17.5. The summed E-state index contributed by atoms with van der Waals surface area (Å²) < 4.78 is 28.7. The van der Waals surface area contributed by atoms with Crippen LogP contribution in [0.2, 0.25) is 0 Å². The fraction of sp³-hybridized carbons (Fsp3) is 0.414. The molecule has 8 heteroatoms. The highest BCUT2D eigenvalue weighted by atomic mass is 31.2. The third kappa shape index (κ3) is 6.35. The van der Waals surface area contributed by atoms with Gasteiger partial charge in [0.25, 0.3) is 0 Å². The number of phenolic OH excluding ortho intramolecular Hbond substituents is 1. The van der Waals surface area contributed by atoms with Gasteiger partial charge in [0, 0.05) is 11.5 Å². The van der Waals surface area contributed by atoms with Crippen molar-refractivity contribution in [2.24, 2.45) is 5.92 Å². The van der Waals surface area contributed by atoms with E-state index in [0.29, 0.717) is 12.0 Å². The quantitative estimate of drug-likeness (QED) is 0.166. The second kappa shape index (κ2) is 10.9. The summed E-state index contributed by atoms with van der Waals surface area (Å²) in [7, 11) is -4.85. The Morgan fingerprint density at radius 2 is 1.95 bits per heavy atom. The van der Waals surface area contributed by atoms with Gasteiger partial charge in [0.05, 0.1) is 0 Å². The van der Waals surface area contributed by atoms with Crippen molar-refractivity contribution < 1.29 is 33.1 Å². The van der Waals surface area contributed by atoms with Crippen LogP contribution in [0.15, 0.2) is 66.3 Å². The number of aromatic hydroxyl groups is 1. The zero-order chi connectivity index (χ0) is 26.8. The van der Waals surface area contributed by atoms with Gasteiger partial charge in [-0.15, -0.1) is 0 Å². The lowest BCUT2D eigenvalue weighted by Crippen LogP contribution is -2.33. The number of hydrogen-bond donors (Lipinski definition) is 1. The minimum atomic E-state index is -4.85. The number of esters is 1. The smallest absolute Gasteiger partial charge is 0.344 e. The molecule has 1 saturated carbocycles. The molecule has 198 valence electrons. The largest absolute Gasteiger partial charge is 0.746 e. The van der Waals surface area contributed by atoms with Crippen LogP contribution in [0, 0.1) is 5.92 Å². The average molecular weight is 526 g/mol. The van der Waals surface area contributed by atoms with E-state index >= 15 is 0 Å². The maximum atomic E-state index is 13.3. The van der Waals surface area contributed by atoms with Gasteiger partial charge in [0.2, 0.25) is 0 Å². The normalized spacial score (nSPS) is 21.9. The van der Waals surface area contributed by atoms with Crippen molar-refractivity contribution in [1.29, 1.82) is 0 Å². The Hall–Kier alpha value is -2.86. The molecule has 2 aliphatic carbocycles. The van der Waals surface area contributed by atoms with Crippen LogP contribution < -0.4 is 14.2 Å². The Labute approximate surface area is 218 Å². The molecule has 0 heterocycles. The number of aryl methyl sites for hydroxylation is 1. The highest BCUT2D eigenvalue weighted by Gasteiger charge is 2.56. The van der Waals surface area contributed by atoms with Crippen molar-refractivity contribution in [3.63, 3.8) is 0 Å². The summed E-state index contributed by atoms with van der Waals surface area (Å²) in [5.74, 6) is -0.629. The van der Waals surface area contributed by atoms with Crippen LogP contribution >= 0.6 is 7.82 Å². The number of para-hydroxylation sites is 1. The number of rotatable bonds is 10. The first-order valence-corrected chi connectivity index (χ1v) is 14.2. The molecular formula is C29H34O7P-. The molecule has 4 rings (SSSR count). The van der Waals surface area contributed by atoms with Gasteiger partial charge >= 0.3 is 13.8 Å². The van der Waals surface area contributed by atoms with Crippen molar-refractivity contribution in [2.75, 3.05) is 0 Å². The Balaban J connectivity index is 1.64. The van der Waals surface area contributed by atoms with Crippen molar-refractivity contribution in [3.8, 4) is 17.2 Å². The molecule has 2 aromatic rings. The van der Waals surface area contributed by atoms with E-state index in [1.165, 1.54) is 17.7 Å². The van der Waals surface area contributed by atoms with Gasteiger partial charge in [0.1, 0.15) is 17.2 Å². The van der Waals surface area contributed by atoms with Crippen LogP contribution in [0.3, 0.4) is 0 Å². The monoisotopic (exact) mass is 525 g/mol. The Kier molecular flexibility index (Phi) is 7.98. The van der Waals surface area contributed by atoms with Crippen molar-refractivity contribution in [3.05, 3.63) is 77.4 Å². The van der Waals surface area contributed by atoms with E-state index in [0.717, 1.165) is 30.4 Å². The average Bonchev–Trinajstić information content (AvgIpc) is 3.59. The SMILES string of the molecule is C=C(C)[C@@H]1CCC(C)=C[C@H]1c1c(O)cc(CCC)cc1OC(=O)C1(OP(=O)([O-])Oc2ccccc2)CC1. The van der Waals surface area contributed by atoms with E-state index in [-0.39, 0.29) is 41.9 Å². The summed E-state index contributed by atoms with van der Waals surface area (Å²) in [6, 6.07) is 11.4. The van der Waals surface area contributed by atoms with Gasteiger partial charge in [-0.25, -0.2) is 4.79 Å². The molecule has 0 amide bonds. The number of allylic oxidation sites excluding steroid dienone is 3. The van der Waals surface area contributed by atoms with E-state index in [1.54, 1.807) is 30.3 Å². The minimum Gasteiger partial charge on any atom is -0.746 e. The number of ether oxygens (including phenoxy) is 1. The van der Waals surface area contributed by atoms with Crippen molar-refractivity contribution >= 4 is 13.8 Å². The Morgan fingerprint density at radius 3 is 2.57 bits per heavy atom. The highest BCUT2D eigenvalue weighted by molar-refractivity contribution is 7.46. The third-order valence-corrected chi connectivity index (χ3v) is 7.97. The zero-order valence-electron chi connectivity index (χ0n) is 21.6. The lowest BCUT2D eigenvalue weighted by Gasteiger charge is -2.32. The van der Waals surface area contributed by atoms with E-state index in [1.807, 2.05) is 20.8 Å². The molecule has 2 aromatic carbocycles. The molecule has 0 aromatic heterocycles. The van der Waals surface area contributed by atoms with Gasteiger partial charge in [-0.05, 0) is 81.7 Å². The summed E-state index contributed by atoms with van der Waals surface area (Å²) in [6.07, 6.45) is 5.78. The molecule has 37 heavy (non-hydrogen) atoms. The van der Waals surface area contributed by atoms with E-state index in [2.05, 4.69) is 12.7 Å². The number of carbonyl (C=O) groups excluding carboxylic acids is 1. The van der Waals surface area contributed by atoms with E-state index < -0.39 is 19.4 Å². The summed E-state index contributed by atoms with van der Waals surface area (Å²) in [5, 5.41) is 11.1. The number of phenols is 1. The summed E-state index contributed by atoms with van der Waals surface area (Å²) in [5.41, 5.74) is 1.84. The van der Waals surface area contributed by atoms with Crippen LogP contribution in [-0.4, -0.2) is 16.7 Å². The number of benzene rings is 2. The standard InChI is InChI=1S/C29H35O7P/c1-5-9-21-17-25(30)27(24-16-20(4)12-13-23(24)19(2)3)26(18-21)34-28(31)29(14-15-29)36-37(32,33)35-22-10-7-6-8-11-22/h6-8,10-11,16-18,23-24,30H,2,5,9,12-15H2,1,3-4H3,(H,32,33)/p-1/t23-,24+/m0/s1. The zero-order valence-corrected chi connectivity index (χ0v) is 22.5. The van der Waals surface area contributed by atoms with Crippen LogP contribution in [0.5, 0.6) is 17.2 Å². The van der Waals surface area contributed by atoms with Gasteiger partial charge in [-0.2, -0.15) is 0 Å².